The van der Waals surface area contributed by atoms with Gasteiger partial charge in [-0.25, -0.2) is 9.59 Å². The molecule has 0 aliphatic heterocycles. The highest BCUT2D eigenvalue weighted by Gasteiger charge is 2.13. The van der Waals surface area contributed by atoms with E-state index in [1.54, 1.807) is 6.07 Å². The molecule has 0 radical (unpaired) electrons. The number of carbonyl (C=O) groups excluding carboxylic acids is 1. The molecule has 3 aromatic carbocycles. The van der Waals surface area contributed by atoms with Gasteiger partial charge in [-0.1, -0.05) is 36.4 Å². The van der Waals surface area contributed by atoms with Gasteiger partial charge in [0, 0.05) is 11.1 Å². The highest BCUT2D eigenvalue weighted by molar-refractivity contribution is 5.99. The number of carbonyl (C=O) groups is 3. The van der Waals surface area contributed by atoms with Gasteiger partial charge < -0.3 is 20.3 Å². The lowest BCUT2D eigenvalue weighted by atomic mass is 10.1. The van der Waals surface area contributed by atoms with Crippen molar-refractivity contribution in [2.45, 2.75) is 0 Å². The zero-order valence-electron chi connectivity index (χ0n) is 14.0. The number of hydrogen-bond acceptors (Lipinski definition) is 4. The Kier molecular flexibility index (Phi) is 5.03. The zero-order chi connectivity index (χ0) is 19.4. The van der Waals surface area contributed by atoms with Crippen molar-refractivity contribution in [2.24, 2.45) is 0 Å². The van der Waals surface area contributed by atoms with E-state index in [1.165, 1.54) is 12.1 Å². The molecule has 0 aliphatic rings. The molecule has 136 valence electrons. The van der Waals surface area contributed by atoms with E-state index in [-0.39, 0.29) is 23.4 Å². The van der Waals surface area contributed by atoms with Gasteiger partial charge in [0.2, 0.25) is 0 Å². The maximum atomic E-state index is 12.2. The van der Waals surface area contributed by atoms with Gasteiger partial charge in [-0.05, 0) is 29.7 Å². The number of carboxylic acid groups (broad SMARTS) is 2. The average Bonchev–Trinajstić information content (AvgIpc) is 2.66. The van der Waals surface area contributed by atoms with Crippen LogP contribution < -0.4 is 10.1 Å². The molecule has 0 heterocycles. The van der Waals surface area contributed by atoms with E-state index in [2.05, 4.69) is 5.32 Å². The largest absolute Gasteiger partial charge is 0.483 e. The molecule has 0 aliphatic carbocycles. The maximum Gasteiger partial charge on any atom is 0.335 e. The van der Waals surface area contributed by atoms with Crippen LogP contribution in [0.15, 0.2) is 60.7 Å². The Morgan fingerprint density at radius 1 is 0.852 bits per heavy atom. The van der Waals surface area contributed by atoms with Crippen LogP contribution in [0.5, 0.6) is 5.75 Å². The predicted molar refractivity (Wildman–Crippen MR) is 98.4 cm³/mol. The Labute approximate surface area is 153 Å². The third-order valence-electron chi connectivity index (χ3n) is 3.82. The molecule has 0 saturated heterocycles. The topological polar surface area (TPSA) is 113 Å². The SMILES string of the molecule is O=C(COc1cccc2ccccc12)Nc1cc(C(=O)O)cc(C(=O)O)c1. The van der Waals surface area contributed by atoms with E-state index in [9.17, 15) is 14.4 Å². The molecule has 3 aromatic rings. The minimum atomic E-state index is -1.29. The second kappa shape index (κ2) is 7.57. The number of anilines is 1. The first-order valence-electron chi connectivity index (χ1n) is 7.96. The van der Waals surface area contributed by atoms with E-state index in [0.717, 1.165) is 16.8 Å². The summed E-state index contributed by atoms with van der Waals surface area (Å²) < 4.78 is 5.56. The molecule has 3 N–H and O–H groups in total. The van der Waals surface area contributed by atoms with Gasteiger partial charge in [-0.3, -0.25) is 4.79 Å². The highest BCUT2D eigenvalue weighted by Crippen LogP contribution is 2.25. The first kappa shape index (κ1) is 17.9. The summed E-state index contributed by atoms with van der Waals surface area (Å²) in [5, 5.41) is 22.4. The molecule has 1 amide bonds. The predicted octanol–water partition coefficient (Wildman–Crippen LogP) is 3.25. The van der Waals surface area contributed by atoms with Gasteiger partial charge in [0.1, 0.15) is 5.75 Å². The van der Waals surface area contributed by atoms with Crippen molar-refractivity contribution in [3.05, 3.63) is 71.8 Å². The number of rotatable bonds is 6. The summed E-state index contributed by atoms with van der Waals surface area (Å²) in [5.41, 5.74) is -0.404. The summed E-state index contributed by atoms with van der Waals surface area (Å²) in [5.74, 6) is -2.59. The van der Waals surface area contributed by atoms with Crippen molar-refractivity contribution in [3.63, 3.8) is 0 Å². The molecule has 3 rings (SSSR count). The Balaban J connectivity index is 1.74. The van der Waals surface area contributed by atoms with Crippen LogP contribution in [-0.4, -0.2) is 34.7 Å². The van der Waals surface area contributed by atoms with E-state index < -0.39 is 17.8 Å². The van der Waals surface area contributed by atoms with Gasteiger partial charge in [-0.15, -0.1) is 0 Å². The number of ether oxygens (including phenoxy) is 1. The molecule has 0 spiro atoms. The molecule has 0 atom stereocenters. The van der Waals surface area contributed by atoms with Gasteiger partial charge in [-0.2, -0.15) is 0 Å². The van der Waals surface area contributed by atoms with Crippen molar-refractivity contribution in [2.75, 3.05) is 11.9 Å². The summed E-state index contributed by atoms with van der Waals surface area (Å²) in [7, 11) is 0. The average molecular weight is 365 g/mol. The van der Waals surface area contributed by atoms with Crippen molar-refractivity contribution in [1.82, 2.24) is 0 Å². The quantitative estimate of drug-likeness (QED) is 0.618. The number of fused-ring (bicyclic) bond motifs is 1. The molecule has 0 saturated carbocycles. The summed E-state index contributed by atoms with van der Waals surface area (Å²) in [6.45, 7) is -0.312. The van der Waals surface area contributed by atoms with Crippen LogP contribution in [0.4, 0.5) is 5.69 Å². The maximum absolute atomic E-state index is 12.2. The van der Waals surface area contributed by atoms with Crippen molar-refractivity contribution in [3.8, 4) is 5.75 Å². The minimum absolute atomic E-state index is 0.0684. The molecule has 0 bridgehead atoms. The molecule has 0 unspecified atom stereocenters. The van der Waals surface area contributed by atoms with E-state index in [4.69, 9.17) is 14.9 Å². The fourth-order valence-electron chi connectivity index (χ4n) is 2.61. The Hall–Kier alpha value is -3.87. The fourth-order valence-corrected chi connectivity index (χ4v) is 2.61. The molecular formula is C20H15NO6. The highest BCUT2D eigenvalue weighted by atomic mass is 16.5. The van der Waals surface area contributed by atoms with Crippen LogP contribution in [0, 0.1) is 0 Å². The lowest BCUT2D eigenvalue weighted by molar-refractivity contribution is -0.118. The van der Waals surface area contributed by atoms with Crippen LogP contribution in [0.2, 0.25) is 0 Å². The summed E-state index contributed by atoms with van der Waals surface area (Å²) >= 11 is 0. The smallest absolute Gasteiger partial charge is 0.335 e. The normalized spacial score (nSPS) is 10.4. The molecule has 0 fully saturated rings. The Morgan fingerprint density at radius 3 is 2.15 bits per heavy atom. The third kappa shape index (κ3) is 4.21. The molecule has 27 heavy (non-hydrogen) atoms. The van der Waals surface area contributed by atoms with Crippen LogP contribution >= 0.6 is 0 Å². The number of aromatic carboxylic acids is 2. The lowest BCUT2D eigenvalue weighted by Crippen LogP contribution is -2.20. The van der Waals surface area contributed by atoms with Crippen LogP contribution in [0.25, 0.3) is 10.8 Å². The number of hydrogen-bond donors (Lipinski definition) is 3. The number of nitrogens with one attached hydrogen (secondary N) is 1. The lowest BCUT2D eigenvalue weighted by Gasteiger charge is -2.11. The van der Waals surface area contributed by atoms with E-state index in [0.29, 0.717) is 5.75 Å². The third-order valence-corrected chi connectivity index (χ3v) is 3.82. The summed E-state index contributed by atoms with van der Waals surface area (Å²) in [4.78, 5) is 34.4. The minimum Gasteiger partial charge on any atom is -0.483 e. The standard InChI is InChI=1S/C20H15NO6/c22-18(11-27-17-7-3-5-12-4-1-2-6-16(12)17)21-15-9-13(19(23)24)8-14(10-15)20(25)26/h1-10H,11H2,(H,21,22)(H,23,24)(H,25,26). The summed E-state index contributed by atoms with van der Waals surface area (Å²) in [6.07, 6.45) is 0. The zero-order valence-corrected chi connectivity index (χ0v) is 14.0. The van der Waals surface area contributed by atoms with Gasteiger partial charge >= 0.3 is 11.9 Å². The molecule has 7 nitrogen and oxygen atoms in total. The van der Waals surface area contributed by atoms with Gasteiger partial charge in [0.05, 0.1) is 11.1 Å². The van der Waals surface area contributed by atoms with Crippen LogP contribution in [0.3, 0.4) is 0 Å². The van der Waals surface area contributed by atoms with Crippen LogP contribution in [-0.2, 0) is 4.79 Å². The fraction of sp³-hybridized carbons (Fsp3) is 0.0500. The van der Waals surface area contributed by atoms with Gasteiger partial charge in [0.15, 0.2) is 6.61 Å². The van der Waals surface area contributed by atoms with Crippen LogP contribution in [0.1, 0.15) is 20.7 Å². The first-order chi connectivity index (χ1) is 12.9. The van der Waals surface area contributed by atoms with E-state index in [1.807, 2.05) is 36.4 Å². The van der Waals surface area contributed by atoms with Crippen molar-refractivity contribution >= 4 is 34.3 Å². The molecular weight excluding hydrogens is 350 g/mol. The molecule has 7 heteroatoms. The first-order valence-corrected chi connectivity index (χ1v) is 7.96. The Bertz CT molecular complexity index is 1010. The second-order valence-corrected chi connectivity index (χ2v) is 5.72. The molecule has 0 aromatic heterocycles. The number of carboxylic acids is 2. The second-order valence-electron chi connectivity index (χ2n) is 5.72. The van der Waals surface area contributed by atoms with Crippen molar-refractivity contribution < 1.29 is 29.3 Å². The van der Waals surface area contributed by atoms with E-state index >= 15 is 0 Å². The monoisotopic (exact) mass is 365 g/mol. The Morgan fingerprint density at radius 2 is 1.48 bits per heavy atom. The summed E-state index contributed by atoms with van der Waals surface area (Å²) in [6, 6.07) is 16.4. The van der Waals surface area contributed by atoms with Crippen molar-refractivity contribution in [1.29, 1.82) is 0 Å². The van der Waals surface area contributed by atoms with Gasteiger partial charge in [0.25, 0.3) is 5.91 Å². The number of amides is 1. The number of benzene rings is 3.